The molecule has 0 aliphatic heterocycles. The van der Waals surface area contributed by atoms with E-state index in [9.17, 15) is 8.60 Å². The van der Waals surface area contributed by atoms with E-state index in [1.165, 1.54) is 28.8 Å². The fraction of sp³-hybridized carbons (Fsp3) is 0.400. The van der Waals surface area contributed by atoms with E-state index in [-0.39, 0.29) is 11.2 Å². The lowest BCUT2D eigenvalue weighted by molar-refractivity contribution is 0.589. The van der Waals surface area contributed by atoms with E-state index in [1.807, 2.05) is 6.07 Å². The molecule has 1 unspecified atom stereocenters. The van der Waals surface area contributed by atoms with E-state index in [0.717, 1.165) is 11.1 Å². The fourth-order valence-electron chi connectivity index (χ4n) is 2.68. The Bertz CT molecular complexity index is 706. The van der Waals surface area contributed by atoms with Gasteiger partial charge in [-0.2, -0.15) is 0 Å². The van der Waals surface area contributed by atoms with Crippen molar-refractivity contribution < 1.29 is 8.60 Å². The van der Waals surface area contributed by atoms with E-state index < -0.39 is 10.8 Å². The van der Waals surface area contributed by atoms with Gasteiger partial charge >= 0.3 is 0 Å². The van der Waals surface area contributed by atoms with Gasteiger partial charge in [-0.25, -0.2) is 4.39 Å². The third-order valence-electron chi connectivity index (χ3n) is 4.08. The Hall–Kier alpha value is -1.48. The maximum absolute atomic E-state index is 13.2. The number of hydrogen-bond acceptors (Lipinski definition) is 1. The molecular formula is C20H25FOS. The highest BCUT2D eigenvalue weighted by Crippen LogP contribution is 2.27. The summed E-state index contributed by atoms with van der Waals surface area (Å²) in [5.41, 5.74) is 5.70. The second kappa shape index (κ2) is 6.96. The van der Waals surface area contributed by atoms with Crippen molar-refractivity contribution in [1.29, 1.82) is 0 Å². The number of hydrogen-bond donors (Lipinski definition) is 0. The van der Waals surface area contributed by atoms with Crippen LogP contribution in [0.4, 0.5) is 4.39 Å². The first kappa shape index (κ1) is 17.9. The van der Waals surface area contributed by atoms with Crippen molar-refractivity contribution in [2.45, 2.75) is 51.5 Å². The van der Waals surface area contributed by atoms with Crippen LogP contribution in [-0.4, -0.2) is 4.21 Å². The molecule has 124 valence electrons. The van der Waals surface area contributed by atoms with Crippen molar-refractivity contribution in [2.75, 3.05) is 0 Å². The highest BCUT2D eigenvalue weighted by molar-refractivity contribution is 7.83. The van der Waals surface area contributed by atoms with Crippen molar-refractivity contribution in [2.24, 2.45) is 0 Å². The predicted octanol–water partition coefficient (Wildman–Crippen LogP) is 5.19. The van der Waals surface area contributed by atoms with Crippen LogP contribution in [0.15, 0.2) is 36.4 Å². The maximum Gasteiger partial charge on any atom is 0.123 e. The van der Waals surface area contributed by atoms with Gasteiger partial charge in [0, 0.05) is 22.3 Å². The van der Waals surface area contributed by atoms with Crippen LogP contribution in [0.2, 0.25) is 0 Å². The van der Waals surface area contributed by atoms with E-state index >= 15 is 0 Å². The van der Waals surface area contributed by atoms with Crippen LogP contribution in [-0.2, 0) is 27.7 Å². The Morgan fingerprint density at radius 1 is 1.00 bits per heavy atom. The van der Waals surface area contributed by atoms with Gasteiger partial charge in [0.2, 0.25) is 0 Å². The predicted molar refractivity (Wildman–Crippen MR) is 96.6 cm³/mol. The minimum Gasteiger partial charge on any atom is -0.259 e. The maximum atomic E-state index is 13.2. The van der Waals surface area contributed by atoms with Gasteiger partial charge in [0.15, 0.2) is 0 Å². The van der Waals surface area contributed by atoms with Gasteiger partial charge in [0.1, 0.15) is 5.82 Å². The molecular weight excluding hydrogens is 307 g/mol. The van der Waals surface area contributed by atoms with E-state index in [4.69, 9.17) is 0 Å². The Balaban J connectivity index is 2.18. The lowest BCUT2D eigenvalue weighted by Gasteiger charge is -2.22. The van der Waals surface area contributed by atoms with Crippen molar-refractivity contribution in [3.63, 3.8) is 0 Å². The van der Waals surface area contributed by atoms with Gasteiger partial charge in [-0.1, -0.05) is 45.0 Å². The Morgan fingerprint density at radius 3 is 2.13 bits per heavy atom. The first-order valence-electron chi connectivity index (χ1n) is 7.87. The standard InChI is InChI=1S/C20H25FOS/c1-14-9-17(20(3,4)5)10-15(2)19(14)13-23(22)12-16-7-6-8-18(21)11-16/h6-11H,12-13H2,1-5H3. The Kier molecular flexibility index (Phi) is 5.41. The molecule has 3 heteroatoms. The average Bonchev–Trinajstić information content (AvgIpc) is 2.41. The lowest BCUT2D eigenvalue weighted by atomic mass is 9.84. The van der Waals surface area contributed by atoms with Crippen molar-refractivity contribution in [1.82, 2.24) is 0 Å². The summed E-state index contributed by atoms with van der Waals surface area (Å²) in [5.74, 6) is 0.623. The largest absolute Gasteiger partial charge is 0.259 e. The zero-order valence-electron chi connectivity index (χ0n) is 14.6. The van der Waals surface area contributed by atoms with Crippen molar-refractivity contribution in [3.8, 4) is 0 Å². The van der Waals surface area contributed by atoms with Crippen LogP contribution in [0.25, 0.3) is 0 Å². The highest BCUT2D eigenvalue weighted by Gasteiger charge is 2.17. The lowest BCUT2D eigenvalue weighted by Crippen LogP contribution is -2.13. The summed E-state index contributed by atoms with van der Waals surface area (Å²) in [6.45, 7) is 10.8. The molecule has 0 spiro atoms. The molecule has 0 aliphatic rings. The quantitative estimate of drug-likeness (QED) is 0.753. The summed E-state index contributed by atoms with van der Waals surface area (Å²) in [5, 5.41) is 0. The van der Waals surface area contributed by atoms with Crippen LogP contribution in [0, 0.1) is 19.7 Å². The topological polar surface area (TPSA) is 17.1 Å². The third kappa shape index (κ3) is 4.74. The van der Waals surface area contributed by atoms with Crippen molar-refractivity contribution >= 4 is 10.8 Å². The average molecular weight is 332 g/mol. The molecule has 0 aromatic heterocycles. The van der Waals surface area contributed by atoms with Gasteiger partial charge in [0.25, 0.3) is 0 Å². The molecule has 1 atom stereocenters. The highest BCUT2D eigenvalue weighted by atomic mass is 32.2. The molecule has 1 nitrogen and oxygen atoms in total. The smallest absolute Gasteiger partial charge is 0.123 e. The van der Waals surface area contributed by atoms with Gasteiger partial charge in [0.05, 0.1) is 0 Å². The summed E-state index contributed by atoms with van der Waals surface area (Å²) in [6.07, 6.45) is 0. The number of halogens is 1. The monoisotopic (exact) mass is 332 g/mol. The van der Waals surface area contributed by atoms with Crippen LogP contribution in [0.1, 0.15) is 48.6 Å². The van der Waals surface area contributed by atoms with Gasteiger partial charge in [-0.15, -0.1) is 0 Å². The minimum absolute atomic E-state index is 0.106. The first-order valence-corrected chi connectivity index (χ1v) is 9.35. The number of benzene rings is 2. The van der Waals surface area contributed by atoms with E-state index in [2.05, 4.69) is 46.8 Å². The Morgan fingerprint density at radius 2 is 1.61 bits per heavy atom. The number of aryl methyl sites for hydroxylation is 2. The molecule has 0 radical (unpaired) electrons. The SMILES string of the molecule is Cc1cc(C(C)(C)C)cc(C)c1CS(=O)Cc1cccc(F)c1. The zero-order valence-corrected chi connectivity index (χ0v) is 15.4. The van der Waals surface area contributed by atoms with Gasteiger partial charge < -0.3 is 0 Å². The first-order chi connectivity index (χ1) is 10.7. The molecule has 2 rings (SSSR count). The normalized spacial score (nSPS) is 13.1. The molecule has 2 aromatic carbocycles. The van der Waals surface area contributed by atoms with Gasteiger partial charge in [-0.05, 0) is 59.2 Å². The molecule has 2 aromatic rings. The minimum atomic E-state index is -1.05. The molecule has 0 N–H and O–H groups in total. The van der Waals surface area contributed by atoms with Gasteiger partial charge in [-0.3, -0.25) is 4.21 Å². The Labute approximate surface area is 141 Å². The fourth-order valence-corrected chi connectivity index (χ4v) is 4.11. The second-order valence-corrected chi connectivity index (χ2v) is 8.65. The van der Waals surface area contributed by atoms with E-state index in [0.29, 0.717) is 11.5 Å². The zero-order chi connectivity index (χ0) is 17.2. The summed E-state index contributed by atoms with van der Waals surface area (Å²) in [4.78, 5) is 0. The second-order valence-electron chi connectivity index (χ2n) is 7.20. The molecule has 0 heterocycles. The molecule has 23 heavy (non-hydrogen) atoms. The molecule has 0 aliphatic carbocycles. The molecule has 0 saturated heterocycles. The van der Waals surface area contributed by atoms with Crippen LogP contribution >= 0.6 is 0 Å². The van der Waals surface area contributed by atoms with Crippen LogP contribution in [0.3, 0.4) is 0 Å². The molecule has 0 saturated carbocycles. The molecule has 0 fully saturated rings. The van der Waals surface area contributed by atoms with Crippen LogP contribution in [0.5, 0.6) is 0 Å². The summed E-state index contributed by atoms with van der Waals surface area (Å²) in [6, 6.07) is 10.7. The number of rotatable bonds is 4. The van der Waals surface area contributed by atoms with Crippen molar-refractivity contribution in [3.05, 3.63) is 70.0 Å². The van der Waals surface area contributed by atoms with E-state index in [1.54, 1.807) is 6.07 Å². The summed E-state index contributed by atoms with van der Waals surface area (Å²) < 4.78 is 25.7. The molecule has 0 bridgehead atoms. The molecule has 0 amide bonds. The third-order valence-corrected chi connectivity index (χ3v) is 5.35. The summed E-state index contributed by atoms with van der Waals surface area (Å²) >= 11 is 0. The summed E-state index contributed by atoms with van der Waals surface area (Å²) in [7, 11) is -1.05. The van der Waals surface area contributed by atoms with Crippen LogP contribution < -0.4 is 0 Å².